The minimum Gasteiger partial charge on any atom is -0.508 e. The van der Waals surface area contributed by atoms with Crippen LogP contribution in [0.15, 0.2) is 115 Å². The number of nitrogens with two attached hydrogens (primary N) is 1. The molecule has 0 aromatic heterocycles. The fourth-order valence-electron chi connectivity index (χ4n) is 4.34. The Bertz CT molecular complexity index is 2300. The van der Waals surface area contributed by atoms with Crippen LogP contribution < -0.4 is 35.3 Å². The maximum Gasteiger partial charge on any atom is 1.00 e. The molecule has 0 unspecified atom stereocenters. The van der Waals surface area contributed by atoms with Crippen LogP contribution in [0.25, 0.3) is 21.9 Å². The molecule has 0 aliphatic rings. The molecule has 5 aromatic carbocycles. The summed E-state index contributed by atoms with van der Waals surface area (Å²) in [7, 11) is -10.2. The van der Waals surface area contributed by atoms with Gasteiger partial charge in [0.1, 0.15) is 26.9 Å². The van der Waals surface area contributed by atoms with E-state index in [1.54, 1.807) is 24.3 Å². The zero-order chi connectivity index (χ0) is 33.4. The van der Waals surface area contributed by atoms with Gasteiger partial charge in [-0.25, -0.2) is 0 Å². The van der Waals surface area contributed by atoms with Crippen molar-refractivity contribution in [2.24, 2.45) is 20.5 Å². The predicted molar refractivity (Wildman–Crippen MR) is 165 cm³/mol. The molecule has 0 aliphatic carbocycles. The van der Waals surface area contributed by atoms with Crippen molar-refractivity contribution in [2.45, 2.75) is 9.79 Å². The van der Waals surface area contributed by atoms with Gasteiger partial charge in [0.05, 0.1) is 27.4 Å². The van der Waals surface area contributed by atoms with Gasteiger partial charge in [-0.15, -0.1) is 10.2 Å². The first-order valence-electron chi connectivity index (χ1n) is 12.7. The van der Waals surface area contributed by atoms with Crippen LogP contribution in [0, 0.1) is 10.1 Å². The number of nitrogens with zero attached hydrogens (tertiary/aromatic N) is 5. The second kappa shape index (κ2) is 13.5. The summed E-state index contributed by atoms with van der Waals surface area (Å²) in [6, 6.07) is 19.0. The number of anilines is 1. The summed E-state index contributed by atoms with van der Waals surface area (Å²) >= 11 is 0. The van der Waals surface area contributed by atoms with Gasteiger partial charge < -0.3 is 15.9 Å². The first kappa shape index (κ1) is 35.0. The number of nitro groups is 1. The average molecular weight is 688 g/mol. The zero-order valence-corrected chi connectivity index (χ0v) is 27.6. The first-order chi connectivity index (χ1) is 21.6. The molecular formula is C28H20N6NaO10S2+. The Morgan fingerprint density at radius 1 is 0.660 bits per heavy atom. The standard InChI is InChI=1S/C28H20N6O10S2.Na/c29-25-24-17(13-22(45(39,40)41)26(25)32-30-19-7-9-20(10-8-19)34(37)38)14-23(46(42,43)44)27(28(24)36)33-31-18-5-1-15(2-6-18)16-3-11-21(35)12-4-16;/h1-14,35-36H,29H2,(H,39,40,41)(H,42,43,44);/q;+1. The molecule has 5 aromatic rings. The van der Waals surface area contributed by atoms with Crippen molar-refractivity contribution < 1.29 is 70.6 Å². The van der Waals surface area contributed by atoms with Crippen LogP contribution in [0.1, 0.15) is 0 Å². The molecule has 0 aliphatic heterocycles. The van der Waals surface area contributed by atoms with E-state index < -0.39 is 57.8 Å². The second-order valence-electron chi connectivity index (χ2n) is 9.52. The molecule has 6 N–H and O–H groups in total. The molecule has 0 heterocycles. The molecule has 19 heteroatoms. The van der Waals surface area contributed by atoms with Crippen molar-refractivity contribution in [3.8, 4) is 22.6 Å². The molecule has 0 spiro atoms. The van der Waals surface area contributed by atoms with Gasteiger partial charge in [-0.05, 0) is 65.0 Å². The van der Waals surface area contributed by atoms with Crippen molar-refractivity contribution >= 4 is 65.1 Å². The SMILES string of the molecule is Nc1c(N=Nc2ccc([N+](=O)[O-])cc2)c(S(=O)(=O)O)cc2cc(S(=O)(=O)O)c(N=Nc3ccc(-c4ccc(O)cc4)cc3)c(O)c12.[Na+]. The molecule has 0 fully saturated rings. The van der Waals surface area contributed by atoms with Gasteiger partial charge in [0.2, 0.25) is 0 Å². The summed E-state index contributed by atoms with van der Waals surface area (Å²) in [6.07, 6.45) is 0. The van der Waals surface area contributed by atoms with Gasteiger partial charge in [0, 0.05) is 12.1 Å². The van der Waals surface area contributed by atoms with Gasteiger partial charge in [0.25, 0.3) is 25.9 Å². The van der Waals surface area contributed by atoms with E-state index in [-0.39, 0.29) is 63.1 Å². The number of non-ortho nitro benzene ring substituents is 1. The number of phenols is 2. The molecule has 47 heavy (non-hydrogen) atoms. The minimum absolute atomic E-state index is 0. The number of hydrogen-bond donors (Lipinski definition) is 5. The normalized spacial score (nSPS) is 12.0. The number of nitrogen functional groups attached to an aromatic ring is 1. The van der Waals surface area contributed by atoms with Gasteiger partial charge in [-0.3, -0.25) is 19.2 Å². The molecule has 0 saturated heterocycles. The van der Waals surface area contributed by atoms with E-state index in [9.17, 15) is 46.3 Å². The Labute approximate surface area is 287 Å². The van der Waals surface area contributed by atoms with Crippen molar-refractivity contribution in [1.29, 1.82) is 0 Å². The molecule has 234 valence electrons. The molecule has 0 amide bonds. The Kier molecular flexibility index (Phi) is 10.1. The maximum atomic E-state index is 12.3. The van der Waals surface area contributed by atoms with Crippen LogP contribution >= 0.6 is 0 Å². The number of hydrogen-bond acceptors (Lipinski definition) is 13. The van der Waals surface area contributed by atoms with E-state index in [1.807, 2.05) is 0 Å². The number of benzene rings is 5. The van der Waals surface area contributed by atoms with Gasteiger partial charge >= 0.3 is 29.6 Å². The third kappa shape index (κ3) is 7.60. The summed E-state index contributed by atoms with van der Waals surface area (Å²) in [5, 5.41) is 46.2. The summed E-state index contributed by atoms with van der Waals surface area (Å²) in [5.41, 5.74) is 5.72. The van der Waals surface area contributed by atoms with Gasteiger partial charge in [-0.2, -0.15) is 27.1 Å². The zero-order valence-electron chi connectivity index (χ0n) is 24.0. The monoisotopic (exact) mass is 687 g/mol. The Balaban J connectivity index is 0.00000500. The molecule has 0 bridgehead atoms. The van der Waals surface area contributed by atoms with E-state index >= 15 is 0 Å². The molecule has 0 atom stereocenters. The summed E-state index contributed by atoms with van der Waals surface area (Å²) in [5.74, 6) is -0.839. The number of rotatable bonds is 8. The number of aromatic hydroxyl groups is 2. The minimum atomic E-state index is -5.10. The number of fused-ring (bicyclic) bond motifs is 1. The van der Waals surface area contributed by atoms with Crippen molar-refractivity contribution in [1.82, 2.24) is 0 Å². The summed E-state index contributed by atoms with van der Waals surface area (Å²) in [4.78, 5) is 8.38. The summed E-state index contributed by atoms with van der Waals surface area (Å²) in [6.45, 7) is 0. The molecular weight excluding hydrogens is 667 g/mol. The van der Waals surface area contributed by atoms with Crippen LogP contribution in [-0.4, -0.2) is 41.1 Å². The van der Waals surface area contributed by atoms with E-state index in [4.69, 9.17) is 5.73 Å². The van der Waals surface area contributed by atoms with Gasteiger partial charge in [0.15, 0.2) is 5.75 Å². The summed E-state index contributed by atoms with van der Waals surface area (Å²) < 4.78 is 68.9. The van der Waals surface area contributed by atoms with Crippen LogP contribution in [0.3, 0.4) is 0 Å². The van der Waals surface area contributed by atoms with Crippen molar-refractivity contribution in [3.05, 3.63) is 95.0 Å². The van der Waals surface area contributed by atoms with Crippen LogP contribution in [0.4, 0.5) is 34.1 Å². The largest absolute Gasteiger partial charge is 1.00 e. The smallest absolute Gasteiger partial charge is 0.508 e. The fraction of sp³-hybridized carbons (Fsp3) is 0. The molecule has 5 rings (SSSR count). The maximum absolute atomic E-state index is 12.3. The average Bonchev–Trinajstić information content (AvgIpc) is 2.99. The third-order valence-electron chi connectivity index (χ3n) is 6.53. The van der Waals surface area contributed by atoms with Crippen molar-refractivity contribution in [2.75, 3.05) is 5.73 Å². The topological polar surface area (TPSA) is 268 Å². The van der Waals surface area contributed by atoms with Crippen LogP contribution in [0.2, 0.25) is 0 Å². The number of nitro benzene ring substituents is 1. The Morgan fingerprint density at radius 3 is 1.55 bits per heavy atom. The third-order valence-corrected chi connectivity index (χ3v) is 8.26. The second-order valence-corrected chi connectivity index (χ2v) is 12.3. The molecule has 16 nitrogen and oxygen atoms in total. The predicted octanol–water partition coefficient (Wildman–Crippen LogP) is 3.74. The Hall–Kier alpha value is -4.82. The van der Waals surface area contributed by atoms with E-state index in [1.165, 1.54) is 36.4 Å². The van der Waals surface area contributed by atoms with Crippen LogP contribution in [-0.2, 0) is 20.2 Å². The van der Waals surface area contributed by atoms with Crippen LogP contribution in [0.5, 0.6) is 11.5 Å². The van der Waals surface area contributed by atoms with Gasteiger partial charge in [-0.1, -0.05) is 24.3 Å². The molecule has 0 radical (unpaired) electrons. The quantitative estimate of drug-likeness (QED) is 0.0391. The number of azo groups is 2. The fourth-order valence-corrected chi connectivity index (χ4v) is 5.66. The molecule has 0 saturated carbocycles. The van der Waals surface area contributed by atoms with E-state index in [0.29, 0.717) is 0 Å². The number of phenolic OH excluding ortho intramolecular Hbond substituents is 2. The van der Waals surface area contributed by atoms with Crippen molar-refractivity contribution in [3.63, 3.8) is 0 Å². The van der Waals surface area contributed by atoms with E-state index in [2.05, 4.69) is 20.5 Å². The Morgan fingerprint density at radius 2 is 1.09 bits per heavy atom. The first-order valence-corrected chi connectivity index (χ1v) is 15.6. The van der Waals surface area contributed by atoms with E-state index in [0.717, 1.165) is 35.4 Å².